The fraction of sp³-hybridized carbons (Fsp3) is 0.650. The summed E-state index contributed by atoms with van der Waals surface area (Å²) in [5.41, 5.74) is 0.413. The summed E-state index contributed by atoms with van der Waals surface area (Å²) in [6, 6.07) is 5.96. The van der Waals surface area contributed by atoms with Crippen molar-refractivity contribution in [1.82, 2.24) is 0 Å². The molecule has 142 valence electrons. The minimum Gasteiger partial charge on any atom is -0.508 e. The van der Waals surface area contributed by atoms with Crippen molar-refractivity contribution in [2.45, 2.75) is 51.9 Å². The summed E-state index contributed by atoms with van der Waals surface area (Å²) in [5.74, 6) is -0.296. The Hall–Kier alpha value is -1.59. The van der Waals surface area contributed by atoms with Crippen LogP contribution in [-0.2, 0) is 14.2 Å². The molecule has 0 saturated heterocycles. The molecule has 0 radical (unpaired) electrons. The van der Waals surface area contributed by atoms with Crippen LogP contribution in [-0.4, -0.2) is 44.1 Å². The van der Waals surface area contributed by atoms with E-state index < -0.39 is 5.97 Å². The molecule has 25 heavy (non-hydrogen) atoms. The van der Waals surface area contributed by atoms with E-state index in [9.17, 15) is 4.79 Å². The van der Waals surface area contributed by atoms with Gasteiger partial charge in [0.2, 0.25) is 0 Å². The van der Waals surface area contributed by atoms with E-state index in [1.54, 1.807) is 0 Å². The first kappa shape index (κ1) is 21.5. The first-order valence-corrected chi connectivity index (χ1v) is 9.35. The molecular weight excluding hydrogens is 320 g/mol. The average Bonchev–Trinajstić information content (AvgIpc) is 2.62. The van der Waals surface area contributed by atoms with Crippen LogP contribution < -0.4 is 0 Å². The molecule has 1 N–H and O–H groups in total. The third-order valence-electron chi connectivity index (χ3n) is 3.83. The van der Waals surface area contributed by atoms with E-state index in [2.05, 4.69) is 6.92 Å². The smallest absolute Gasteiger partial charge is 0.338 e. The quantitative estimate of drug-likeness (QED) is 0.376. The molecule has 0 aliphatic heterocycles. The molecule has 5 heteroatoms. The van der Waals surface area contributed by atoms with Crippen LogP contribution in [0.2, 0.25) is 0 Å². The van der Waals surface area contributed by atoms with Crippen molar-refractivity contribution in [1.29, 1.82) is 0 Å². The zero-order valence-corrected chi connectivity index (χ0v) is 15.4. The maximum atomic E-state index is 11.7. The minimum atomic E-state index is -0.418. The number of aromatic hydroxyl groups is 1. The van der Waals surface area contributed by atoms with Crippen LogP contribution in [0.1, 0.15) is 62.2 Å². The zero-order chi connectivity index (χ0) is 18.2. The Morgan fingerprint density at radius 3 is 2.04 bits per heavy atom. The lowest BCUT2D eigenvalue weighted by atomic mass is 10.1. The highest BCUT2D eigenvalue weighted by Gasteiger charge is 2.06. The number of carbonyl (C=O) groups excluding carboxylic acids is 1. The van der Waals surface area contributed by atoms with E-state index in [0.29, 0.717) is 25.4 Å². The number of hydrogen-bond acceptors (Lipinski definition) is 5. The van der Waals surface area contributed by atoms with Crippen molar-refractivity contribution in [3.05, 3.63) is 29.8 Å². The topological polar surface area (TPSA) is 65.0 Å². The Bertz CT molecular complexity index is 444. The highest BCUT2D eigenvalue weighted by Crippen LogP contribution is 2.10. The van der Waals surface area contributed by atoms with Gasteiger partial charge in [-0.2, -0.15) is 0 Å². The second-order valence-electron chi connectivity index (χ2n) is 6.03. The molecule has 0 atom stereocenters. The van der Waals surface area contributed by atoms with Gasteiger partial charge in [-0.05, 0) is 30.7 Å². The molecule has 0 saturated carbocycles. The Morgan fingerprint density at radius 1 is 0.800 bits per heavy atom. The molecular formula is C20H32O5. The maximum Gasteiger partial charge on any atom is 0.338 e. The Morgan fingerprint density at radius 2 is 1.36 bits per heavy atom. The van der Waals surface area contributed by atoms with Gasteiger partial charge in [0.1, 0.15) is 12.4 Å². The summed E-state index contributed by atoms with van der Waals surface area (Å²) in [7, 11) is 0. The van der Waals surface area contributed by atoms with Crippen molar-refractivity contribution in [2.75, 3.05) is 33.0 Å². The number of benzene rings is 1. The van der Waals surface area contributed by atoms with Crippen molar-refractivity contribution in [2.24, 2.45) is 0 Å². The Kier molecular flexibility index (Phi) is 12.6. The van der Waals surface area contributed by atoms with Gasteiger partial charge < -0.3 is 19.3 Å². The van der Waals surface area contributed by atoms with Crippen molar-refractivity contribution >= 4 is 5.97 Å². The normalized spacial score (nSPS) is 10.8. The molecule has 0 unspecified atom stereocenters. The molecule has 0 aliphatic rings. The summed E-state index contributed by atoms with van der Waals surface area (Å²) >= 11 is 0. The summed E-state index contributed by atoms with van der Waals surface area (Å²) in [6.07, 6.45) is 8.96. The van der Waals surface area contributed by atoms with Gasteiger partial charge >= 0.3 is 5.97 Å². The molecule has 1 aromatic carbocycles. The lowest BCUT2D eigenvalue weighted by Crippen LogP contribution is -2.13. The summed E-state index contributed by atoms with van der Waals surface area (Å²) in [4.78, 5) is 11.7. The molecule has 0 fully saturated rings. The molecule has 0 aliphatic carbocycles. The second-order valence-corrected chi connectivity index (χ2v) is 6.03. The summed E-state index contributed by atoms with van der Waals surface area (Å²) in [6.45, 7) is 4.65. The van der Waals surface area contributed by atoms with Gasteiger partial charge in [0.15, 0.2) is 0 Å². The highest BCUT2D eigenvalue weighted by atomic mass is 16.6. The van der Waals surface area contributed by atoms with Gasteiger partial charge in [-0.25, -0.2) is 4.79 Å². The monoisotopic (exact) mass is 352 g/mol. The number of esters is 1. The molecule has 0 heterocycles. The van der Waals surface area contributed by atoms with Gasteiger partial charge in [0, 0.05) is 6.61 Å². The number of carbonyl (C=O) groups is 1. The Balaban J connectivity index is 1.84. The van der Waals surface area contributed by atoms with Crippen LogP contribution in [0.3, 0.4) is 0 Å². The first-order valence-electron chi connectivity index (χ1n) is 9.35. The van der Waals surface area contributed by atoms with E-state index in [1.807, 2.05) is 0 Å². The lowest BCUT2D eigenvalue weighted by Gasteiger charge is -2.07. The van der Waals surface area contributed by atoms with Crippen LogP contribution >= 0.6 is 0 Å². The zero-order valence-electron chi connectivity index (χ0n) is 15.4. The van der Waals surface area contributed by atoms with E-state index in [4.69, 9.17) is 19.3 Å². The van der Waals surface area contributed by atoms with Crippen LogP contribution in [0.15, 0.2) is 24.3 Å². The number of hydrogen-bond donors (Lipinski definition) is 1. The largest absolute Gasteiger partial charge is 0.508 e. The molecule has 0 bridgehead atoms. The van der Waals surface area contributed by atoms with E-state index in [-0.39, 0.29) is 12.4 Å². The third-order valence-corrected chi connectivity index (χ3v) is 3.83. The predicted octanol–water partition coefficient (Wildman–Crippen LogP) is 4.33. The first-order chi connectivity index (χ1) is 12.2. The van der Waals surface area contributed by atoms with Gasteiger partial charge in [0.05, 0.1) is 25.4 Å². The van der Waals surface area contributed by atoms with Crippen molar-refractivity contribution in [3.63, 3.8) is 0 Å². The summed E-state index contributed by atoms with van der Waals surface area (Å²) in [5, 5.41) is 9.16. The second kappa shape index (κ2) is 14.7. The molecule has 0 aromatic heterocycles. The van der Waals surface area contributed by atoms with Crippen molar-refractivity contribution < 1.29 is 24.1 Å². The van der Waals surface area contributed by atoms with E-state index in [1.165, 1.54) is 62.8 Å². The van der Waals surface area contributed by atoms with Gasteiger partial charge in [-0.15, -0.1) is 0 Å². The highest BCUT2D eigenvalue weighted by molar-refractivity contribution is 5.89. The molecule has 5 nitrogen and oxygen atoms in total. The fourth-order valence-corrected chi connectivity index (χ4v) is 2.36. The Labute approximate surface area is 151 Å². The molecule has 1 aromatic rings. The van der Waals surface area contributed by atoms with Gasteiger partial charge in [-0.3, -0.25) is 0 Å². The lowest BCUT2D eigenvalue weighted by molar-refractivity contribution is 0.0141. The molecule has 0 spiro atoms. The average molecular weight is 352 g/mol. The molecule has 0 amide bonds. The van der Waals surface area contributed by atoms with Gasteiger partial charge in [-0.1, -0.05) is 45.4 Å². The van der Waals surface area contributed by atoms with Crippen LogP contribution in [0.5, 0.6) is 5.75 Å². The van der Waals surface area contributed by atoms with Crippen LogP contribution in [0, 0.1) is 0 Å². The summed E-state index contributed by atoms with van der Waals surface area (Å²) < 4.78 is 16.0. The number of rotatable bonds is 15. The predicted molar refractivity (Wildman–Crippen MR) is 98.0 cm³/mol. The number of unbranched alkanes of at least 4 members (excludes halogenated alkanes) is 6. The third kappa shape index (κ3) is 11.6. The van der Waals surface area contributed by atoms with Crippen LogP contribution in [0.25, 0.3) is 0 Å². The van der Waals surface area contributed by atoms with Gasteiger partial charge in [0.25, 0.3) is 0 Å². The fourth-order valence-electron chi connectivity index (χ4n) is 2.36. The SMILES string of the molecule is CCCCCCCCCOCCOCCOC(=O)c1ccc(O)cc1. The maximum absolute atomic E-state index is 11.7. The van der Waals surface area contributed by atoms with E-state index >= 15 is 0 Å². The van der Waals surface area contributed by atoms with Crippen LogP contribution in [0.4, 0.5) is 0 Å². The van der Waals surface area contributed by atoms with E-state index in [0.717, 1.165) is 13.0 Å². The molecule has 1 rings (SSSR count). The van der Waals surface area contributed by atoms with Crippen molar-refractivity contribution in [3.8, 4) is 5.75 Å². The standard InChI is InChI=1S/C20H32O5/c1-2-3-4-5-6-7-8-13-23-14-15-24-16-17-25-20(22)18-9-11-19(21)12-10-18/h9-12,21H,2-8,13-17H2,1H3. The number of phenolic OH excluding ortho intramolecular Hbond substituents is 1. The minimum absolute atomic E-state index is 0.122. The number of ether oxygens (including phenoxy) is 3. The number of phenols is 1.